The normalized spacial score (nSPS) is 12.6. The molecular weight excluding hydrogens is 238 g/mol. The Morgan fingerprint density at radius 2 is 2.24 bits per heavy atom. The van der Waals surface area contributed by atoms with Gasteiger partial charge in [-0.05, 0) is 36.8 Å². The van der Waals surface area contributed by atoms with Crippen LogP contribution >= 0.6 is 11.6 Å². The van der Waals surface area contributed by atoms with Crippen LogP contribution in [0, 0.1) is 0 Å². The van der Waals surface area contributed by atoms with Gasteiger partial charge in [-0.25, -0.2) is 0 Å². The zero-order chi connectivity index (χ0) is 12.3. The zero-order valence-corrected chi connectivity index (χ0v) is 10.2. The first kappa shape index (κ1) is 12.0. The quantitative estimate of drug-likeness (QED) is 0.874. The maximum absolute atomic E-state index is 9.30. The molecule has 0 amide bonds. The van der Waals surface area contributed by atoms with Crippen LogP contribution in [0.3, 0.4) is 0 Å². The molecule has 0 saturated carbocycles. The number of halogens is 1. The van der Waals surface area contributed by atoms with Gasteiger partial charge in [0.05, 0.1) is 17.3 Å². The van der Waals surface area contributed by atoms with Crippen LogP contribution in [-0.4, -0.2) is 5.11 Å². The SMILES string of the molecule is C[C@@H](NCc1ccc(O)c(Cl)c1)c1ccco1. The Balaban J connectivity index is 1.96. The monoisotopic (exact) mass is 251 g/mol. The second-order valence-corrected chi connectivity index (χ2v) is 4.31. The fourth-order valence-electron chi connectivity index (χ4n) is 1.57. The molecule has 90 valence electrons. The minimum atomic E-state index is 0.106. The van der Waals surface area contributed by atoms with E-state index in [4.69, 9.17) is 16.0 Å². The number of nitrogens with one attached hydrogen (secondary N) is 1. The van der Waals surface area contributed by atoms with Crippen molar-refractivity contribution < 1.29 is 9.52 Å². The standard InChI is InChI=1S/C13H14ClNO2/c1-9(13-3-2-6-17-13)15-8-10-4-5-12(16)11(14)7-10/h2-7,9,15-16H,8H2,1H3/t9-/m1/s1. The predicted molar refractivity (Wildman–Crippen MR) is 67.1 cm³/mol. The summed E-state index contributed by atoms with van der Waals surface area (Å²) >= 11 is 5.83. The molecule has 1 aromatic heterocycles. The molecule has 0 bridgehead atoms. The third-order valence-corrected chi connectivity index (χ3v) is 2.90. The summed E-state index contributed by atoms with van der Waals surface area (Å²) in [5.74, 6) is 1.00. The molecule has 0 saturated heterocycles. The Bertz CT molecular complexity index is 482. The van der Waals surface area contributed by atoms with E-state index in [-0.39, 0.29) is 11.8 Å². The van der Waals surface area contributed by atoms with E-state index in [0.717, 1.165) is 11.3 Å². The van der Waals surface area contributed by atoms with Crippen LogP contribution in [0.5, 0.6) is 5.75 Å². The minimum Gasteiger partial charge on any atom is -0.506 e. The molecule has 2 aromatic rings. The second kappa shape index (κ2) is 5.25. The zero-order valence-electron chi connectivity index (χ0n) is 9.48. The fourth-order valence-corrected chi connectivity index (χ4v) is 1.77. The molecule has 1 heterocycles. The van der Waals surface area contributed by atoms with Gasteiger partial charge in [0.2, 0.25) is 0 Å². The van der Waals surface area contributed by atoms with Crippen molar-refractivity contribution >= 4 is 11.6 Å². The maximum Gasteiger partial charge on any atom is 0.134 e. The van der Waals surface area contributed by atoms with Crippen molar-refractivity contribution in [2.24, 2.45) is 0 Å². The van der Waals surface area contributed by atoms with Crippen molar-refractivity contribution in [3.8, 4) is 5.75 Å². The number of aromatic hydroxyl groups is 1. The summed E-state index contributed by atoms with van der Waals surface area (Å²) in [5, 5.41) is 13.0. The molecular formula is C13H14ClNO2. The van der Waals surface area contributed by atoms with Crippen LogP contribution in [-0.2, 0) is 6.54 Å². The average Bonchev–Trinajstić information content (AvgIpc) is 2.84. The lowest BCUT2D eigenvalue weighted by molar-refractivity contribution is 0.430. The van der Waals surface area contributed by atoms with Gasteiger partial charge in [0.1, 0.15) is 11.5 Å². The first-order chi connectivity index (χ1) is 8.16. The third-order valence-electron chi connectivity index (χ3n) is 2.59. The lowest BCUT2D eigenvalue weighted by atomic mass is 10.2. The van der Waals surface area contributed by atoms with Crippen LogP contribution in [0.25, 0.3) is 0 Å². The van der Waals surface area contributed by atoms with E-state index in [1.165, 1.54) is 0 Å². The van der Waals surface area contributed by atoms with Gasteiger partial charge in [0.15, 0.2) is 0 Å². The number of furan rings is 1. The van der Waals surface area contributed by atoms with E-state index in [0.29, 0.717) is 11.6 Å². The van der Waals surface area contributed by atoms with E-state index < -0.39 is 0 Å². The number of hydrogen-bond donors (Lipinski definition) is 2. The summed E-state index contributed by atoms with van der Waals surface area (Å²) in [6.45, 7) is 2.70. The van der Waals surface area contributed by atoms with Crippen molar-refractivity contribution in [1.29, 1.82) is 0 Å². The molecule has 4 heteroatoms. The van der Waals surface area contributed by atoms with Gasteiger partial charge in [0.25, 0.3) is 0 Å². The Hall–Kier alpha value is -1.45. The highest BCUT2D eigenvalue weighted by atomic mass is 35.5. The summed E-state index contributed by atoms with van der Waals surface area (Å²) in [6, 6.07) is 9.11. The Morgan fingerprint density at radius 3 is 2.88 bits per heavy atom. The maximum atomic E-state index is 9.30. The molecule has 17 heavy (non-hydrogen) atoms. The first-order valence-electron chi connectivity index (χ1n) is 5.41. The first-order valence-corrected chi connectivity index (χ1v) is 5.79. The molecule has 1 aromatic carbocycles. The summed E-state index contributed by atoms with van der Waals surface area (Å²) in [5.41, 5.74) is 1.02. The Morgan fingerprint density at radius 1 is 1.41 bits per heavy atom. The highest BCUT2D eigenvalue weighted by Crippen LogP contribution is 2.24. The molecule has 0 radical (unpaired) electrons. The van der Waals surface area contributed by atoms with E-state index in [9.17, 15) is 5.11 Å². The number of phenols is 1. The Kier molecular flexibility index (Phi) is 3.71. The molecule has 0 aliphatic rings. The number of benzene rings is 1. The van der Waals surface area contributed by atoms with Crippen LogP contribution in [0.4, 0.5) is 0 Å². The fraction of sp³-hybridized carbons (Fsp3) is 0.231. The molecule has 0 aliphatic carbocycles. The highest BCUT2D eigenvalue weighted by molar-refractivity contribution is 6.32. The lowest BCUT2D eigenvalue weighted by Gasteiger charge is -2.11. The van der Waals surface area contributed by atoms with Gasteiger partial charge < -0.3 is 14.8 Å². The van der Waals surface area contributed by atoms with Gasteiger partial charge in [-0.2, -0.15) is 0 Å². The lowest BCUT2D eigenvalue weighted by Crippen LogP contribution is -2.17. The van der Waals surface area contributed by atoms with Crippen molar-refractivity contribution in [2.45, 2.75) is 19.5 Å². The molecule has 0 spiro atoms. The molecule has 1 atom stereocenters. The highest BCUT2D eigenvalue weighted by Gasteiger charge is 2.07. The number of hydrogen-bond acceptors (Lipinski definition) is 3. The van der Waals surface area contributed by atoms with Gasteiger partial charge in [-0.3, -0.25) is 0 Å². The predicted octanol–water partition coefficient (Wildman–Crippen LogP) is 3.49. The average molecular weight is 252 g/mol. The van der Waals surface area contributed by atoms with Crippen molar-refractivity contribution in [3.05, 3.63) is 52.9 Å². The van der Waals surface area contributed by atoms with Gasteiger partial charge in [0, 0.05) is 6.54 Å². The summed E-state index contributed by atoms with van der Waals surface area (Å²) in [7, 11) is 0. The smallest absolute Gasteiger partial charge is 0.134 e. The van der Waals surface area contributed by atoms with Crippen molar-refractivity contribution in [3.63, 3.8) is 0 Å². The van der Waals surface area contributed by atoms with Crippen LogP contribution in [0.1, 0.15) is 24.3 Å². The summed E-state index contributed by atoms with van der Waals surface area (Å²) < 4.78 is 5.30. The van der Waals surface area contributed by atoms with E-state index in [1.54, 1.807) is 18.4 Å². The molecule has 3 nitrogen and oxygen atoms in total. The van der Waals surface area contributed by atoms with Gasteiger partial charge in [-0.15, -0.1) is 0 Å². The summed E-state index contributed by atoms with van der Waals surface area (Å²) in [4.78, 5) is 0. The van der Waals surface area contributed by atoms with Crippen molar-refractivity contribution in [2.75, 3.05) is 0 Å². The van der Waals surface area contributed by atoms with Crippen LogP contribution in [0.2, 0.25) is 5.02 Å². The van der Waals surface area contributed by atoms with E-state index >= 15 is 0 Å². The Labute approximate surface area is 105 Å². The molecule has 0 aliphatic heterocycles. The number of phenolic OH excluding ortho intramolecular Hbond substituents is 1. The number of rotatable bonds is 4. The van der Waals surface area contributed by atoms with Gasteiger partial charge in [-0.1, -0.05) is 17.7 Å². The largest absolute Gasteiger partial charge is 0.506 e. The van der Waals surface area contributed by atoms with E-state index in [1.807, 2.05) is 25.1 Å². The third kappa shape index (κ3) is 3.02. The molecule has 0 fully saturated rings. The van der Waals surface area contributed by atoms with Crippen molar-refractivity contribution in [1.82, 2.24) is 5.32 Å². The second-order valence-electron chi connectivity index (χ2n) is 3.90. The topological polar surface area (TPSA) is 45.4 Å². The minimum absolute atomic E-state index is 0.106. The van der Waals surface area contributed by atoms with Crippen LogP contribution < -0.4 is 5.32 Å². The molecule has 2 N–H and O–H groups in total. The molecule has 2 rings (SSSR count). The van der Waals surface area contributed by atoms with Gasteiger partial charge >= 0.3 is 0 Å². The van der Waals surface area contributed by atoms with Crippen LogP contribution in [0.15, 0.2) is 41.0 Å². The van der Waals surface area contributed by atoms with E-state index in [2.05, 4.69) is 5.32 Å². The summed E-state index contributed by atoms with van der Waals surface area (Å²) in [6.07, 6.45) is 1.66. The molecule has 0 unspecified atom stereocenters.